The molecule has 36 heavy (non-hydrogen) atoms. The summed E-state index contributed by atoms with van der Waals surface area (Å²) in [4.78, 5) is 12.1. The molecular formula is C27H42N2O5S2. The first-order valence-corrected chi connectivity index (χ1v) is 15.4. The van der Waals surface area contributed by atoms with E-state index < -0.39 is 22.0 Å². The van der Waals surface area contributed by atoms with Gasteiger partial charge in [0.05, 0.1) is 4.90 Å². The first-order valence-electron chi connectivity index (χ1n) is 12.8. The zero-order valence-electron chi connectivity index (χ0n) is 21.6. The van der Waals surface area contributed by atoms with Crippen molar-refractivity contribution in [2.75, 3.05) is 18.1 Å². The van der Waals surface area contributed by atoms with Crippen molar-refractivity contribution in [2.45, 2.75) is 89.0 Å². The van der Waals surface area contributed by atoms with Crippen LogP contribution in [-0.2, 0) is 14.8 Å². The van der Waals surface area contributed by atoms with Gasteiger partial charge in [0.15, 0.2) is 0 Å². The highest BCUT2D eigenvalue weighted by molar-refractivity contribution is 7.99. The van der Waals surface area contributed by atoms with Crippen LogP contribution in [0.25, 0.3) is 0 Å². The molecule has 0 heterocycles. The Morgan fingerprint density at radius 1 is 1.06 bits per heavy atom. The number of hydrogen-bond acceptors (Lipinski definition) is 6. The van der Waals surface area contributed by atoms with Gasteiger partial charge < -0.3 is 4.74 Å². The fourth-order valence-corrected chi connectivity index (χ4v) is 5.76. The lowest BCUT2D eigenvalue weighted by molar-refractivity contribution is -0.130. The van der Waals surface area contributed by atoms with Gasteiger partial charge in [0.2, 0.25) is 10.0 Å². The summed E-state index contributed by atoms with van der Waals surface area (Å²) in [6.45, 7) is 4.08. The number of benzene rings is 1. The molecule has 0 aliphatic rings. The van der Waals surface area contributed by atoms with Gasteiger partial charge in [-0.05, 0) is 62.6 Å². The molecule has 1 atom stereocenters. The third-order valence-corrected chi connectivity index (χ3v) is 8.08. The number of thioether (sulfide) groups is 1. The summed E-state index contributed by atoms with van der Waals surface area (Å²) in [7, 11) is -3.95. The molecule has 0 spiro atoms. The minimum absolute atomic E-state index is 0.00888. The molecule has 0 aromatic heterocycles. The fraction of sp³-hybridized carbons (Fsp3) is 0.593. The minimum atomic E-state index is -3.95. The molecule has 0 fully saturated rings. The molecule has 1 unspecified atom stereocenters. The van der Waals surface area contributed by atoms with Crippen LogP contribution < -0.4 is 14.9 Å². The molecule has 1 aromatic carbocycles. The molecule has 0 saturated carbocycles. The van der Waals surface area contributed by atoms with Crippen LogP contribution in [0.15, 0.2) is 41.3 Å². The Kier molecular flexibility index (Phi) is 17.9. The Bertz CT molecular complexity index is 922. The average Bonchev–Trinajstić information content (AvgIpc) is 2.88. The highest BCUT2D eigenvalue weighted by Crippen LogP contribution is 2.17. The number of sulfonamides is 1. The van der Waals surface area contributed by atoms with Crippen LogP contribution >= 0.6 is 11.8 Å². The number of hydrogen-bond donors (Lipinski definition) is 3. The van der Waals surface area contributed by atoms with Crippen molar-refractivity contribution in [3.8, 4) is 17.6 Å². The van der Waals surface area contributed by atoms with Gasteiger partial charge in [-0.1, -0.05) is 63.5 Å². The maximum atomic E-state index is 12.7. The first kappa shape index (κ1) is 32.0. The number of carbonyl (C=O) groups is 1. The van der Waals surface area contributed by atoms with Crippen molar-refractivity contribution in [1.29, 1.82) is 0 Å². The summed E-state index contributed by atoms with van der Waals surface area (Å²) in [5.74, 6) is 6.25. The first-order chi connectivity index (χ1) is 17.4. The predicted molar refractivity (Wildman–Crippen MR) is 148 cm³/mol. The predicted octanol–water partition coefficient (Wildman–Crippen LogP) is 5.45. The van der Waals surface area contributed by atoms with Crippen molar-refractivity contribution >= 4 is 27.7 Å². The lowest BCUT2D eigenvalue weighted by Gasteiger charge is -2.17. The van der Waals surface area contributed by atoms with Gasteiger partial charge in [-0.15, -0.1) is 5.92 Å². The van der Waals surface area contributed by atoms with E-state index in [1.165, 1.54) is 81.0 Å². The van der Waals surface area contributed by atoms with Gasteiger partial charge in [-0.25, -0.2) is 13.9 Å². The second-order valence-corrected chi connectivity index (χ2v) is 11.3. The molecule has 1 rings (SSSR count). The number of amides is 1. The maximum Gasteiger partial charge on any atom is 0.262 e. The largest absolute Gasteiger partial charge is 0.481 e. The van der Waals surface area contributed by atoms with E-state index in [2.05, 4.69) is 35.6 Å². The zero-order chi connectivity index (χ0) is 26.5. The van der Waals surface area contributed by atoms with E-state index >= 15 is 0 Å². The van der Waals surface area contributed by atoms with Crippen LogP contribution in [0.1, 0.15) is 78.1 Å². The molecule has 0 aliphatic heterocycles. The molecule has 1 amide bonds. The minimum Gasteiger partial charge on any atom is -0.481 e. The number of ether oxygens (including phenoxy) is 1. The van der Waals surface area contributed by atoms with E-state index in [1.54, 1.807) is 12.4 Å². The summed E-state index contributed by atoms with van der Waals surface area (Å²) in [5, 5.41) is 9.05. The highest BCUT2D eigenvalue weighted by atomic mass is 32.2. The lowest BCUT2D eigenvalue weighted by atomic mass is 10.1. The maximum absolute atomic E-state index is 12.7. The third-order valence-electron chi connectivity index (χ3n) is 5.44. The number of nitrogens with one attached hydrogen (secondary N) is 2. The van der Waals surface area contributed by atoms with Gasteiger partial charge in [0.1, 0.15) is 18.4 Å². The van der Waals surface area contributed by atoms with Crippen LogP contribution in [-0.4, -0.2) is 43.7 Å². The Labute approximate surface area is 221 Å². The highest BCUT2D eigenvalue weighted by Gasteiger charge is 2.25. The van der Waals surface area contributed by atoms with E-state index in [9.17, 15) is 13.2 Å². The quantitative estimate of drug-likeness (QED) is 0.0670. The molecule has 0 radical (unpaired) electrons. The van der Waals surface area contributed by atoms with Crippen molar-refractivity contribution in [3.05, 3.63) is 36.4 Å². The van der Waals surface area contributed by atoms with Crippen LogP contribution in [0.2, 0.25) is 0 Å². The molecule has 0 aliphatic carbocycles. The number of hydroxylamine groups is 1. The standard InChI is InChI=1S/C27H42N2O5S2/c1-3-5-7-8-9-10-11-12-13-14-15-16-22-35-23-26(27(30)28-31)29-36(32,33)25-19-17-24(18-20-25)34-21-6-4-2/h5,7,17-20,26,29,31H,3,8-16,21-23H2,1-2H3,(H,28,30). The van der Waals surface area contributed by atoms with Crippen molar-refractivity contribution in [1.82, 2.24) is 10.2 Å². The molecule has 7 nitrogen and oxygen atoms in total. The summed E-state index contributed by atoms with van der Waals surface area (Å²) in [6.07, 6.45) is 16.5. The Balaban J connectivity index is 2.32. The summed E-state index contributed by atoms with van der Waals surface area (Å²) < 4.78 is 33.3. The Hall–Kier alpha value is -1.99. The van der Waals surface area contributed by atoms with Crippen molar-refractivity contribution < 1.29 is 23.2 Å². The summed E-state index contributed by atoms with van der Waals surface area (Å²) in [5.41, 5.74) is 1.56. The van der Waals surface area contributed by atoms with E-state index in [-0.39, 0.29) is 17.3 Å². The van der Waals surface area contributed by atoms with Crippen LogP contribution in [0.3, 0.4) is 0 Å². The third kappa shape index (κ3) is 14.5. The number of rotatable bonds is 20. The van der Waals surface area contributed by atoms with Gasteiger partial charge in [0, 0.05) is 5.75 Å². The van der Waals surface area contributed by atoms with Crippen LogP contribution in [0.5, 0.6) is 5.75 Å². The van der Waals surface area contributed by atoms with Crippen LogP contribution in [0.4, 0.5) is 0 Å². The number of carbonyl (C=O) groups excluding carboxylic acids is 1. The van der Waals surface area contributed by atoms with Crippen molar-refractivity contribution in [2.24, 2.45) is 0 Å². The number of allylic oxidation sites excluding steroid dienone is 2. The molecule has 3 N–H and O–H groups in total. The topological polar surface area (TPSA) is 105 Å². The van der Waals surface area contributed by atoms with Crippen molar-refractivity contribution in [3.63, 3.8) is 0 Å². The lowest BCUT2D eigenvalue weighted by Crippen LogP contribution is -2.47. The van der Waals surface area contributed by atoms with E-state index in [4.69, 9.17) is 9.94 Å². The molecule has 0 bridgehead atoms. The van der Waals surface area contributed by atoms with E-state index in [0.717, 1.165) is 25.0 Å². The SMILES string of the molecule is CC#CCOc1ccc(S(=O)(=O)NC(CSCCCCCCCCCCC=CCC)C(=O)NO)cc1. The molecule has 1 aromatic rings. The smallest absolute Gasteiger partial charge is 0.262 e. The van der Waals surface area contributed by atoms with Crippen LogP contribution in [0, 0.1) is 11.8 Å². The van der Waals surface area contributed by atoms with E-state index in [1.807, 2.05) is 0 Å². The fourth-order valence-electron chi connectivity index (χ4n) is 3.42. The number of unbranched alkanes of at least 4 members (excludes halogenated alkanes) is 8. The monoisotopic (exact) mass is 538 g/mol. The second-order valence-electron chi connectivity index (χ2n) is 8.41. The van der Waals surface area contributed by atoms with E-state index in [0.29, 0.717) is 5.75 Å². The van der Waals surface area contributed by atoms with Gasteiger partial charge in [-0.2, -0.15) is 16.5 Å². The zero-order valence-corrected chi connectivity index (χ0v) is 23.3. The average molecular weight is 539 g/mol. The van der Waals surface area contributed by atoms with Gasteiger partial charge in [0.25, 0.3) is 5.91 Å². The molecule has 202 valence electrons. The summed E-state index contributed by atoms with van der Waals surface area (Å²) >= 11 is 1.50. The summed E-state index contributed by atoms with van der Waals surface area (Å²) in [6, 6.07) is 4.80. The van der Waals surface area contributed by atoms with Gasteiger partial charge >= 0.3 is 0 Å². The molecule has 0 saturated heterocycles. The Morgan fingerprint density at radius 2 is 1.69 bits per heavy atom. The molecular weight excluding hydrogens is 496 g/mol. The second kappa shape index (κ2) is 20.1. The normalized spacial score (nSPS) is 12.2. The molecule has 9 heteroatoms. The van der Waals surface area contributed by atoms with Gasteiger partial charge in [-0.3, -0.25) is 10.0 Å². The Morgan fingerprint density at radius 3 is 2.31 bits per heavy atom.